The molecule has 0 saturated carbocycles. The Morgan fingerprint density at radius 3 is 2.42 bits per heavy atom. The van der Waals surface area contributed by atoms with Gasteiger partial charge in [-0.05, 0) is 24.0 Å². The highest BCUT2D eigenvalue weighted by Gasteiger charge is 2.32. The molecule has 0 N–H and O–H groups in total. The van der Waals surface area contributed by atoms with Gasteiger partial charge in [-0.25, -0.2) is 0 Å². The fraction of sp³-hybridized carbons (Fsp3) is 0.588. The van der Waals surface area contributed by atoms with Crippen LogP contribution < -0.4 is 4.90 Å². The summed E-state index contributed by atoms with van der Waals surface area (Å²) in [5.74, 6) is 0.527. The second kappa shape index (κ2) is 4.99. The molecule has 0 spiro atoms. The zero-order valence-corrected chi connectivity index (χ0v) is 12.7. The van der Waals surface area contributed by atoms with E-state index in [0.717, 1.165) is 6.54 Å². The van der Waals surface area contributed by atoms with Gasteiger partial charge in [-0.1, -0.05) is 45.9 Å². The highest BCUT2D eigenvalue weighted by Crippen LogP contribution is 2.35. The smallest absolute Gasteiger partial charge is 0.139 e. The molecule has 2 atom stereocenters. The average Bonchev–Trinajstić information content (AvgIpc) is 2.35. The zero-order valence-electron chi connectivity index (χ0n) is 12.7. The standard InChI is InChI=1S/C17H25NO/c1-12-13(2)18(11-10-16(12)19)15-9-7-6-8-14(15)17(3,4)5/h6-9,12-13H,10-11H2,1-5H3. The second-order valence-electron chi connectivity index (χ2n) is 6.71. The van der Waals surface area contributed by atoms with E-state index < -0.39 is 0 Å². The van der Waals surface area contributed by atoms with Crippen molar-refractivity contribution >= 4 is 11.5 Å². The molecule has 0 aromatic heterocycles. The number of ketones is 1. The monoisotopic (exact) mass is 259 g/mol. The third-order valence-electron chi connectivity index (χ3n) is 4.34. The van der Waals surface area contributed by atoms with E-state index >= 15 is 0 Å². The lowest BCUT2D eigenvalue weighted by Crippen LogP contribution is -2.47. The Bertz CT molecular complexity index is 472. The third-order valence-corrected chi connectivity index (χ3v) is 4.34. The molecule has 1 saturated heterocycles. The van der Waals surface area contributed by atoms with Gasteiger partial charge in [-0.3, -0.25) is 4.79 Å². The lowest BCUT2D eigenvalue weighted by Gasteiger charge is -2.41. The molecule has 2 nitrogen and oxygen atoms in total. The molecule has 2 unspecified atom stereocenters. The first kappa shape index (κ1) is 14.1. The minimum absolute atomic E-state index is 0.126. The summed E-state index contributed by atoms with van der Waals surface area (Å²) in [6, 6.07) is 8.89. The van der Waals surface area contributed by atoms with Crippen LogP contribution in [0.15, 0.2) is 24.3 Å². The molecular weight excluding hydrogens is 234 g/mol. The van der Waals surface area contributed by atoms with Gasteiger partial charge in [0.2, 0.25) is 0 Å². The topological polar surface area (TPSA) is 20.3 Å². The van der Waals surface area contributed by atoms with E-state index in [-0.39, 0.29) is 17.4 Å². The van der Waals surface area contributed by atoms with E-state index in [0.29, 0.717) is 12.2 Å². The first-order valence-corrected chi connectivity index (χ1v) is 7.21. The van der Waals surface area contributed by atoms with Crippen molar-refractivity contribution in [1.29, 1.82) is 0 Å². The number of hydrogen-bond donors (Lipinski definition) is 0. The molecule has 1 aromatic carbocycles. The highest BCUT2D eigenvalue weighted by molar-refractivity contribution is 5.84. The normalized spacial score (nSPS) is 24.7. The van der Waals surface area contributed by atoms with E-state index in [9.17, 15) is 4.79 Å². The van der Waals surface area contributed by atoms with Crippen LogP contribution in [0.5, 0.6) is 0 Å². The van der Waals surface area contributed by atoms with Crippen LogP contribution in [0.2, 0.25) is 0 Å². The number of Topliss-reactive ketones (excluding diaryl/α,β-unsaturated/α-hetero) is 1. The van der Waals surface area contributed by atoms with Crippen LogP contribution in [0.1, 0.15) is 46.6 Å². The molecule has 19 heavy (non-hydrogen) atoms. The van der Waals surface area contributed by atoms with E-state index in [1.807, 2.05) is 0 Å². The maximum absolute atomic E-state index is 11.8. The molecule has 0 aliphatic carbocycles. The Balaban J connectivity index is 2.40. The van der Waals surface area contributed by atoms with Gasteiger partial charge in [0.15, 0.2) is 0 Å². The second-order valence-corrected chi connectivity index (χ2v) is 6.71. The summed E-state index contributed by atoms with van der Waals surface area (Å²) in [5, 5.41) is 0. The maximum atomic E-state index is 11.8. The van der Waals surface area contributed by atoms with Crippen molar-refractivity contribution in [2.75, 3.05) is 11.4 Å². The van der Waals surface area contributed by atoms with E-state index in [1.165, 1.54) is 11.3 Å². The molecule has 0 radical (unpaired) electrons. The summed E-state index contributed by atoms with van der Waals surface area (Å²) in [6.45, 7) is 11.8. The maximum Gasteiger partial charge on any atom is 0.139 e. The quantitative estimate of drug-likeness (QED) is 0.765. The molecule has 0 bridgehead atoms. The molecule has 2 heteroatoms. The molecule has 2 rings (SSSR count). The van der Waals surface area contributed by atoms with Gasteiger partial charge >= 0.3 is 0 Å². The van der Waals surface area contributed by atoms with Gasteiger partial charge in [0.1, 0.15) is 5.78 Å². The van der Waals surface area contributed by atoms with Crippen molar-refractivity contribution in [2.45, 2.75) is 52.5 Å². The van der Waals surface area contributed by atoms with Crippen LogP contribution in [-0.4, -0.2) is 18.4 Å². The van der Waals surface area contributed by atoms with Crippen LogP contribution in [0.4, 0.5) is 5.69 Å². The fourth-order valence-corrected chi connectivity index (χ4v) is 2.90. The Morgan fingerprint density at radius 2 is 1.79 bits per heavy atom. The Morgan fingerprint density at radius 1 is 1.16 bits per heavy atom. The van der Waals surface area contributed by atoms with Crippen molar-refractivity contribution in [2.24, 2.45) is 5.92 Å². The summed E-state index contributed by atoms with van der Waals surface area (Å²) in [7, 11) is 0. The van der Waals surface area contributed by atoms with Gasteiger partial charge in [0, 0.05) is 30.6 Å². The van der Waals surface area contributed by atoms with Gasteiger partial charge in [0.05, 0.1) is 0 Å². The summed E-state index contributed by atoms with van der Waals surface area (Å²) < 4.78 is 0. The lowest BCUT2D eigenvalue weighted by molar-refractivity contribution is -0.123. The highest BCUT2D eigenvalue weighted by atomic mass is 16.1. The summed E-state index contributed by atoms with van der Waals surface area (Å²) in [6.07, 6.45) is 0.671. The number of piperidine rings is 1. The van der Waals surface area contributed by atoms with E-state index in [4.69, 9.17) is 0 Å². The Kier molecular flexibility index (Phi) is 3.71. The summed E-state index contributed by atoms with van der Waals surface area (Å²) >= 11 is 0. The number of carbonyl (C=O) groups excluding carboxylic acids is 1. The van der Waals surface area contributed by atoms with Crippen molar-refractivity contribution in [3.63, 3.8) is 0 Å². The molecule has 1 aromatic rings. The number of para-hydroxylation sites is 1. The van der Waals surface area contributed by atoms with Crippen LogP contribution in [0.25, 0.3) is 0 Å². The molecule has 1 aliphatic heterocycles. The lowest BCUT2D eigenvalue weighted by atomic mass is 9.83. The SMILES string of the molecule is CC1C(=O)CCN(c2ccccc2C(C)(C)C)C1C. The molecule has 0 amide bonds. The van der Waals surface area contributed by atoms with Gasteiger partial charge in [-0.15, -0.1) is 0 Å². The summed E-state index contributed by atoms with van der Waals surface area (Å²) in [4.78, 5) is 14.2. The van der Waals surface area contributed by atoms with Gasteiger partial charge in [0.25, 0.3) is 0 Å². The minimum Gasteiger partial charge on any atom is -0.367 e. The van der Waals surface area contributed by atoms with E-state index in [2.05, 4.69) is 63.8 Å². The van der Waals surface area contributed by atoms with E-state index in [1.54, 1.807) is 0 Å². The van der Waals surface area contributed by atoms with Crippen molar-refractivity contribution in [3.8, 4) is 0 Å². The van der Waals surface area contributed by atoms with Crippen LogP contribution in [0.3, 0.4) is 0 Å². The molecule has 1 fully saturated rings. The number of nitrogens with zero attached hydrogens (tertiary/aromatic N) is 1. The number of rotatable bonds is 1. The van der Waals surface area contributed by atoms with Gasteiger partial charge < -0.3 is 4.90 Å². The first-order chi connectivity index (χ1) is 8.82. The molecule has 1 heterocycles. The van der Waals surface area contributed by atoms with Crippen molar-refractivity contribution in [3.05, 3.63) is 29.8 Å². The Hall–Kier alpha value is -1.31. The van der Waals surface area contributed by atoms with Crippen molar-refractivity contribution in [1.82, 2.24) is 0 Å². The summed E-state index contributed by atoms with van der Waals surface area (Å²) in [5.41, 5.74) is 2.78. The molecule has 1 aliphatic rings. The van der Waals surface area contributed by atoms with Crippen LogP contribution >= 0.6 is 0 Å². The third kappa shape index (κ3) is 2.68. The number of anilines is 1. The fourth-order valence-electron chi connectivity index (χ4n) is 2.90. The average molecular weight is 259 g/mol. The van der Waals surface area contributed by atoms with Crippen LogP contribution in [-0.2, 0) is 10.2 Å². The predicted molar refractivity (Wildman–Crippen MR) is 80.7 cm³/mol. The number of benzene rings is 1. The first-order valence-electron chi connectivity index (χ1n) is 7.21. The predicted octanol–water partition coefficient (Wildman–Crippen LogP) is 3.79. The minimum atomic E-state index is 0.126. The number of carbonyl (C=O) groups is 1. The van der Waals surface area contributed by atoms with Gasteiger partial charge in [-0.2, -0.15) is 0 Å². The van der Waals surface area contributed by atoms with Crippen molar-refractivity contribution < 1.29 is 4.79 Å². The van der Waals surface area contributed by atoms with Crippen LogP contribution in [0, 0.1) is 5.92 Å². The zero-order chi connectivity index (χ0) is 14.2. The largest absolute Gasteiger partial charge is 0.367 e. The molecular formula is C17H25NO. The number of hydrogen-bond acceptors (Lipinski definition) is 2. The Labute approximate surface area is 116 Å². The molecule has 104 valence electrons.